The van der Waals surface area contributed by atoms with E-state index in [4.69, 9.17) is 11.5 Å². The monoisotopic (exact) mass is 424 g/mol. The number of carbonyl (C=O) groups is 6. The van der Waals surface area contributed by atoms with Gasteiger partial charge in [0.25, 0.3) is 11.8 Å². The van der Waals surface area contributed by atoms with Crippen molar-refractivity contribution in [1.82, 2.24) is 21.3 Å². The highest BCUT2D eigenvalue weighted by atomic mass is 16.2. The Bertz CT molecular complexity index is 811. The highest BCUT2D eigenvalue weighted by Crippen LogP contribution is 2.57. The van der Waals surface area contributed by atoms with E-state index in [1.54, 1.807) is 6.92 Å². The summed E-state index contributed by atoms with van der Waals surface area (Å²) in [7, 11) is 0. The Morgan fingerprint density at radius 2 is 1.33 bits per heavy atom. The van der Waals surface area contributed by atoms with Crippen molar-refractivity contribution in [2.24, 2.45) is 17.4 Å². The van der Waals surface area contributed by atoms with E-state index < -0.39 is 58.1 Å². The van der Waals surface area contributed by atoms with Crippen LogP contribution in [-0.2, 0) is 28.8 Å². The highest BCUT2D eigenvalue weighted by molar-refractivity contribution is 6.15. The molecule has 0 radical (unpaired) electrons. The molecule has 0 aromatic carbocycles. The average Bonchev–Trinajstić information content (AvgIpc) is 3.53. The zero-order chi connectivity index (χ0) is 22.9. The maximum Gasteiger partial charge on any atom is 0.251 e. The highest BCUT2D eigenvalue weighted by Gasteiger charge is 2.97. The lowest BCUT2D eigenvalue weighted by Gasteiger charge is -2.26. The Morgan fingerprint density at radius 1 is 0.833 bits per heavy atom. The zero-order valence-corrected chi connectivity index (χ0v) is 17.2. The number of nitrogens with two attached hydrogens (primary N) is 2. The smallest absolute Gasteiger partial charge is 0.251 e. The molecule has 8 N–H and O–H groups in total. The molecule has 0 saturated heterocycles. The summed E-state index contributed by atoms with van der Waals surface area (Å²) in [6.45, 7) is 4.27. The van der Waals surface area contributed by atoms with Crippen molar-refractivity contribution in [1.29, 1.82) is 0 Å². The van der Waals surface area contributed by atoms with Gasteiger partial charge in [0.05, 0.1) is 0 Å². The summed E-state index contributed by atoms with van der Waals surface area (Å²) in [5.41, 5.74) is 4.13. The molecule has 30 heavy (non-hydrogen) atoms. The number of nitrogens with one attached hydrogen (secondary N) is 4. The molecule has 3 atom stereocenters. The zero-order valence-electron chi connectivity index (χ0n) is 17.2. The summed E-state index contributed by atoms with van der Waals surface area (Å²) in [4.78, 5) is 74.9. The Hall–Kier alpha value is -3.18. The van der Waals surface area contributed by atoms with Crippen molar-refractivity contribution in [2.75, 3.05) is 0 Å². The Kier molecular flexibility index (Phi) is 6.10. The maximum absolute atomic E-state index is 12.7. The van der Waals surface area contributed by atoms with Crippen LogP contribution in [0.3, 0.4) is 0 Å². The van der Waals surface area contributed by atoms with E-state index in [1.165, 1.54) is 6.92 Å². The number of hydrogen-bond acceptors (Lipinski definition) is 6. The Balaban J connectivity index is 2.74. The molecule has 12 heteroatoms. The summed E-state index contributed by atoms with van der Waals surface area (Å²) in [5.74, 6) is -5.66. The number of hydrogen-bond donors (Lipinski definition) is 6. The molecule has 166 valence electrons. The first-order valence-corrected chi connectivity index (χ1v) is 9.78. The van der Waals surface area contributed by atoms with Gasteiger partial charge in [-0.25, -0.2) is 0 Å². The fourth-order valence-corrected chi connectivity index (χ4v) is 3.90. The normalized spacial score (nSPS) is 29.3. The van der Waals surface area contributed by atoms with Crippen LogP contribution in [0.2, 0.25) is 0 Å². The van der Waals surface area contributed by atoms with Crippen molar-refractivity contribution < 1.29 is 28.8 Å². The lowest BCUT2D eigenvalue weighted by molar-refractivity contribution is -0.133. The van der Waals surface area contributed by atoms with E-state index in [0.29, 0.717) is 19.3 Å². The van der Waals surface area contributed by atoms with Crippen LogP contribution in [0.25, 0.3) is 0 Å². The second-order valence-electron chi connectivity index (χ2n) is 7.62. The largest absolute Gasteiger partial charge is 0.367 e. The first-order valence-electron chi connectivity index (χ1n) is 9.78. The summed E-state index contributed by atoms with van der Waals surface area (Å²) >= 11 is 0. The molecule has 12 nitrogen and oxygen atoms in total. The number of amides is 6. The van der Waals surface area contributed by atoms with E-state index in [2.05, 4.69) is 21.3 Å². The molecule has 3 unspecified atom stereocenters. The molecule has 6 amide bonds. The predicted molar refractivity (Wildman–Crippen MR) is 103 cm³/mol. The fourth-order valence-electron chi connectivity index (χ4n) is 3.90. The van der Waals surface area contributed by atoms with Gasteiger partial charge in [0, 0.05) is 25.7 Å². The predicted octanol–water partition coefficient (Wildman–Crippen LogP) is -2.75. The van der Waals surface area contributed by atoms with Gasteiger partial charge in [-0.15, -0.1) is 0 Å². The summed E-state index contributed by atoms with van der Waals surface area (Å²) in [6, 6.07) is 0. The third kappa shape index (κ3) is 3.25. The lowest BCUT2D eigenvalue weighted by Crippen LogP contribution is -2.64. The van der Waals surface area contributed by atoms with Crippen LogP contribution in [-0.4, -0.2) is 52.2 Å². The molecule has 0 heterocycles. The minimum Gasteiger partial charge on any atom is -0.367 e. The molecule has 0 aromatic rings. The van der Waals surface area contributed by atoms with Crippen LogP contribution in [0.15, 0.2) is 0 Å². The molecular weight excluding hydrogens is 396 g/mol. The van der Waals surface area contributed by atoms with Gasteiger partial charge in [-0.3, -0.25) is 28.8 Å². The standard InChI is InChI=1S/C18H28N6O6/c1-4-6-12(27)23-18(22-11(26)5-2)16(14(19)29,21-9(3)25)17(18,15(20)30)24-13(28)10-7-8-10/h10H,4-8H2,1-3H3,(H2,19,29)(H2,20,30)(H,21,25)(H,22,26)(H,23,27)(H,24,28). The average molecular weight is 424 g/mol. The third-order valence-corrected chi connectivity index (χ3v) is 5.44. The topological polar surface area (TPSA) is 203 Å². The fraction of sp³-hybridized carbons (Fsp3) is 0.667. The first kappa shape index (κ1) is 23.1. The van der Waals surface area contributed by atoms with Gasteiger partial charge in [0.15, 0.2) is 5.66 Å². The molecule has 2 saturated carbocycles. The van der Waals surface area contributed by atoms with Crippen molar-refractivity contribution in [3.05, 3.63) is 0 Å². The Labute approximate surface area is 173 Å². The molecule has 0 aromatic heterocycles. The van der Waals surface area contributed by atoms with Crippen LogP contribution in [0.5, 0.6) is 0 Å². The second-order valence-corrected chi connectivity index (χ2v) is 7.62. The van der Waals surface area contributed by atoms with Gasteiger partial charge in [0.1, 0.15) is 0 Å². The van der Waals surface area contributed by atoms with Crippen LogP contribution in [0.4, 0.5) is 0 Å². The van der Waals surface area contributed by atoms with Crippen molar-refractivity contribution in [3.8, 4) is 0 Å². The van der Waals surface area contributed by atoms with Gasteiger partial charge in [-0.2, -0.15) is 0 Å². The summed E-state index contributed by atoms with van der Waals surface area (Å²) < 4.78 is 0. The second kappa shape index (κ2) is 7.92. The van der Waals surface area contributed by atoms with E-state index in [0.717, 1.165) is 6.92 Å². The van der Waals surface area contributed by atoms with Crippen LogP contribution in [0.1, 0.15) is 52.9 Å². The van der Waals surface area contributed by atoms with Gasteiger partial charge in [-0.1, -0.05) is 13.8 Å². The van der Waals surface area contributed by atoms with Gasteiger partial charge < -0.3 is 32.7 Å². The van der Waals surface area contributed by atoms with E-state index in [9.17, 15) is 28.8 Å². The van der Waals surface area contributed by atoms with Gasteiger partial charge in [0.2, 0.25) is 34.7 Å². The minimum atomic E-state index is -2.41. The van der Waals surface area contributed by atoms with E-state index in [-0.39, 0.29) is 12.8 Å². The molecular formula is C18H28N6O6. The van der Waals surface area contributed by atoms with Crippen LogP contribution >= 0.6 is 0 Å². The van der Waals surface area contributed by atoms with Crippen molar-refractivity contribution in [3.63, 3.8) is 0 Å². The van der Waals surface area contributed by atoms with E-state index >= 15 is 0 Å². The molecule has 2 aliphatic carbocycles. The quantitative estimate of drug-likeness (QED) is 0.205. The Morgan fingerprint density at radius 3 is 1.73 bits per heavy atom. The maximum atomic E-state index is 12.7. The van der Waals surface area contributed by atoms with Gasteiger partial charge in [-0.05, 0) is 19.3 Å². The lowest BCUT2D eigenvalue weighted by atomic mass is 10.1. The minimum absolute atomic E-state index is 0.0237. The van der Waals surface area contributed by atoms with Crippen LogP contribution in [0, 0.1) is 5.92 Å². The molecule has 0 spiro atoms. The molecule has 2 fully saturated rings. The van der Waals surface area contributed by atoms with Crippen molar-refractivity contribution in [2.45, 2.75) is 69.6 Å². The number of rotatable bonds is 10. The third-order valence-electron chi connectivity index (χ3n) is 5.44. The first-order chi connectivity index (χ1) is 14.0. The molecule has 0 bridgehead atoms. The molecule has 0 aliphatic heterocycles. The van der Waals surface area contributed by atoms with Crippen molar-refractivity contribution >= 4 is 35.4 Å². The van der Waals surface area contributed by atoms with E-state index in [1.807, 2.05) is 0 Å². The summed E-state index contributed by atoms with van der Waals surface area (Å²) in [5, 5.41) is 9.56. The number of primary amides is 2. The summed E-state index contributed by atoms with van der Waals surface area (Å²) in [6.07, 6.45) is 1.41. The molecule has 2 rings (SSSR count). The number of carbonyl (C=O) groups excluding carboxylic acids is 6. The molecule has 2 aliphatic rings. The van der Waals surface area contributed by atoms with Crippen LogP contribution < -0.4 is 32.7 Å². The van der Waals surface area contributed by atoms with Gasteiger partial charge >= 0.3 is 0 Å². The SMILES string of the molecule is CCCC(=O)NC1(NC(=O)CC)C(NC(C)=O)(C(N)=O)C1(NC(=O)C1CC1)C(N)=O.